The van der Waals surface area contributed by atoms with E-state index in [2.05, 4.69) is 15.3 Å². The Labute approximate surface area is 123 Å². The lowest BCUT2D eigenvalue weighted by Gasteiger charge is -2.37. The number of aromatic nitrogens is 2. The van der Waals surface area contributed by atoms with Gasteiger partial charge >= 0.3 is 0 Å². The van der Waals surface area contributed by atoms with Crippen LogP contribution in [-0.4, -0.2) is 64.1 Å². The molecule has 3 atom stereocenters. The highest BCUT2D eigenvalue weighted by Crippen LogP contribution is 2.33. The highest BCUT2D eigenvalue weighted by Gasteiger charge is 2.41. The Morgan fingerprint density at radius 3 is 3.14 bits per heavy atom. The first-order chi connectivity index (χ1) is 10.2. The Bertz CT molecular complexity index is 504. The fourth-order valence-corrected chi connectivity index (χ4v) is 3.32. The van der Waals surface area contributed by atoms with E-state index in [-0.39, 0.29) is 24.7 Å². The van der Waals surface area contributed by atoms with Crippen molar-refractivity contribution in [2.24, 2.45) is 13.0 Å². The number of morpholine rings is 1. The van der Waals surface area contributed by atoms with Gasteiger partial charge in [0, 0.05) is 38.5 Å². The van der Waals surface area contributed by atoms with Crippen molar-refractivity contribution in [2.45, 2.75) is 25.0 Å². The van der Waals surface area contributed by atoms with Crippen LogP contribution in [0.2, 0.25) is 0 Å². The van der Waals surface area contributed by atoms with Crippen molar-refractivity contribution in [3.8, 4) is 0 Å². The van der Waals surface area contributed by atoms with Crippen molar-refractivity contribution in [1.29, 1.82) is 0 Å². The molecule has 21 heavy (non-hydrogen) atoms. The number of carbonyl (C=O) groups is 1. The van der Waals surface area contributed by atoms with Crippen LogP contribution in [0.25, 0.3) is 0 Å². The van der Waals surface area contributed by atoms with Crippen LogP contribution in [0.1, 0.15) is 12.8 Å². The molecule has 7 nitrogen and oxygen atoms in total. The minimum absolute atomic E-state index is 0.0539. The van der Waals surface area contributed by atoms with Crippen molar-refractivity contribution >= 4 is 11.7 Å². The lowest BCUT2D eigenvalue weighted by molar-refractivity contribution is -0.121. The van der Waals surface area contributed by atoms with Gasteiger partial charge in [-0.2, -0.15) is 5.10 Å². The molecule has 0 radical (unpaired) electrons. The monoisotopic (exact) mass is 294 g/mol. The first-order valence-corrected chi connectivity index (χ1v) is 7.41. The van der Waals surface area contributed by atoms with E-state index in [0.29, 0.717) is 24.9 Å². The van der Waals surface area contributed by atoms with E-state index in [4.69, 9.17) is 4.74 Å². The second-order valence-electron chi connectivity index (χ2n) is 5.89. The lowest BCUT2D eigenvalue weighted by atomic mass is 10.1. The number of anilines is 1. The number of aliphatic hydroxyl groups is 1. The van der Waals surface area contributed by atoms with Gasteiger partial charge in [-0.3, -0.25) is 14.4 Å². The predicted octanol–water partition coefficient (Wildman–Crippen LogP) is -0.170. The molecule has 1 aromatic heterocycles. The molecule has 1 aromatic rings. The number of rotatable bonds is 4. The lowest BCUT2D eigenvalue weighted by Crippen LogP contribution is -2.51. The van der Waals surface area contributed by atoms with Gasteiger partial charge in [0.1, 0.15) is 0 Å². The van der Waals surface area contributed by atoms with Crippen LogP contribution in [0.4, 0.5) is 5.82 Å². The van der Waals surface area contributed by atoms with Gasteiger partial charge in [0.25, 0.3) is 0 Å². The molecule has 2 heterocycles. The summed E-state index contributed by atoms with van der Waals surface area (Å²) in [6, 6.07) is 2.02. The summed E-state index contributed by atoms with van der Waals surface area (Å²) in [6.45, 7) is 1.95. The van der Waals surface area contributed by atoms with Crippen molar-refractivity contribution < 1.29 is 14.6 Å². The third kappa shape index (κ3) is 3.25. The summed E-state index contributed by atoms with van der Waals surface area (Å²) < 4.78 is 7.42. The predicted molar refractivity (Wildman–Crippen MR) is 76.7 cm³/mol. The Balaban J connectivity index is 1.57. The molecule has 2 fully saturated rings. The van der Waals surface area contributed by atoms with E-state index in [1.54, 1.807) is 16.9 Å². The number of fused-ring (bicyclic) bond motifs is 1. The number of nitrogens with zero attached hydrogens (tertiary/aromatic N) is 3. The topological polar surface area (TPSA) is 79.6 Å². The molecule has 0 aromatic carbocycles. The van der Waals surface area contributed by atoms with Gasteiger partial charge in [0.15, 0.2) is 5.82 Å². The molecule has 0 spiro atoms. The molecule has 1 aliphatic carbocycles. The second kappa shape index (κ2) is 6.13. The van der Waals surface area contributed by atoms with E-state index in [0.717, 1.165) is 19.4 Å². The van der Waals surface area contributed by atoms with Crippen LogP contribution in [0.15, 0.2) is 12.3 Å². The van der Waals surface area contributed by atoms with Crippen LogP contribution in [0, 0.1) is 5.92 Å². The second-order valence-corrected chi connectivity index (χ2v) is 5.89. The van der Waals surface area contributed by atoms with Gasteiger partial charge in [-0.15, -0.1) is 0 Å². The Hall–Kier alpha value is -1.44. The maximum absolute atomic E-state index is 12.1. The number of hydrogen-bond acceptors (Lipinski definition) is 5. The molecule has 2 aliphatic rings. The van der Waals surface area contributed by atoms with Crippen molar-refractivity contribution in [1.82, 2.24) is 14.7 Å². The standard InChI is InChI=1S/C14H22N4O3/c1-17-3-2-13(16-17)15-14(20)8-18-4-5-21-12-7-10(9-19)6-11(12)18/h2-3,10-12,19H,4-9H2,1H3,(H,15,16,20)/t10-,11+,12?/m1/s1. The zero-order valence-electron chi connectivity index (χ0n) is 12.2. The summed E-state index contributed by atoms with van der Waals surface area (Å²) in [4.78, 5) is 14.3. The van der Waals surface area contributed by atoms with E-state index in [1.165, 1.54) is 0 Å². The molecule has 1 saturated carbocycles. The highest BCUT2D eigenvalue weighted by molar-refractivity contribution is 5.91. The molecule has 116 valence electrons. The first-order valence-electron chi connectivity index (χ1n) is 7.41. The normalized spacial score (nSPS) is 29.3. The summed E-state index contributed by atoms with van der Waals surface area (Å²) in [7, 11) is 1.82. The number of carbonyl (C=O) groups excluding carboxylic acids is 1. The summed E-state index contributed by atoms with van der Waals surface area (Å²) in [5, 5.41) is 16.3. The third-order valence-corrected chi connectivity index (χ3v) is 4.34. The largest absolute Gasteiger partial charge is 0.396 e. The Morgan fingerprint density at radius 1 is 1.57 bits per heavy atom. The van der Waals surface area contributed by atoms with Gasteiger partial charge in [-0.1, -0.05) is 0 Å². The molecule has 1 aliphatic heterocycles. The van der Waals surface area contributed by atoms with Crippen molar-refractivity contribution in [3.63, 3.8) is 0 Å². The highest BCUT2D eigenvalue weighted by atomic mass is 16.5. The van der Waals surface area contributed by atoms with Crippen molar-refractivity contribution in [2.75, 3.05) is 31.6 Å². The average molecular weight is 294 g/mol. The minimum atomic E-state index is -0.0539. The van der Waals surface area contributed by atoms with E-state index < -0.39 is 0 Å². The maximum atomic E-state index is 12.1. The molecular formula is C14H22N4O3. The first kappa shape index (κ1) is 14.5. The summed E-state index contributed by atoms with van der Waals surface area (Å²) >= 11 is 0. The van der Waals surface area contributed by atoms with Gasteiger partial charge in [-0.05, 0) is 18.8 Å². The SMILES string of the molecule is Cn1ccc(NC(=O)CN2CCOC3C[C@H](CO)C[C@@H]32)n1. The van der Waals surface area contributed by atoms with E-state index in [1.807, 2.05) is 7.05 Å². The van der Waals surface area contributed by atoms with Crippen LogP contribution in [0.5, 0.6) is 0 Å². The third-order valence-electron chi connectivity index (χ3n) is 4.34. The van der Waals surface area contributed by atoms with Crippen LogP contribution in [-0.2, 0) is 16.6 Å². The Morgan fingerprint density at radius 2 is 2.43 bits per heavy atom. The van der Waals surface area contributed by atoms with Gasteiger partial charge in [-0.25, -0.2) is 0 Å². The van der Waals surface area contributed by atoms with Crippen LogP contribution < -0.4 is 5.32 Å². The van der Waals surface area contributed by atoms with Crippen LogP contribution >= 0.6 is 0 Å². The number of hydrogen-bond donors (Lipinski definition) is 2. The van der Waals surface area contributed by atoms with Gasteiger partial charge in [0.05, 0.1) is 19.3 Å². The molecule has 1 saturated heterocycles. The zero-order valence-corrected chi connectivity index (χ0v) is 12.2. The number of ether oxygens (including phenoxy) is 1. The van der Waals surface area contributed by atoms with E-state index in [9.17, 15) is 9.90 Å². The molecule has 3 rings (SSSR count). The number of aryl methyl sites for hydroxylation is 1. The molecule has 1 amide bonds. The zero-order chi connectivity index (χ0) is 14.8. The number of aliphatic hydroxyl groups excluding tert-OH is 1. The molecule has 2 N–H and O–H groups in total. The van der Waals surface area contributed by atoms with Crippen molar-refractivity contribution in [3.05, 3.63) is 12.3 Å². The maximum Gasteiger partial charge on any atom is 0.239 e. The Kier molecular flexibility index (Phi) is 4.23. The van der Waals surface area contributed by atoms with Gasteiger partial charge < -0.3 is 15.2 Å². The average Bonchev–Trinajstić information content (AvgIpc) is 3.05. The van der Waals surface area contributed by atoms with Crippen LogP contribution in [0.3, 0.4) is 0 Å². The number of amides is 1. The smallest absolute Gasteiger partial charge is 0.239 e. The van der Waals surface area contributed by atoms with Gasteiger partial charge in [0.2, 0.25) is 5.91 Å². The summed E-state index contributed by atoms with van der Waals surface area (Å²) in [6.07, 6.45) is 3.74. The molecule has 1 unspecified atom stereocenters. The quantitative estimate of drug-likeness (QED) is 0.806. The molecular weight excluding hydrogens is 272 g/mol. The molecule has 7 heteroatoms. The minimum Gasteiger partial charge on any atom is -0.396 e. The molecule has 0 bridgehead atoms. The fourth-order valence-electron chi connectivity index (χ4n) is 3.32. The van der Waals surface area contributed by atoms with E-state index >= 15 is 0 Å². The number of nitrogens with one attached hydrogen (secondary N) is 1. The summed E-state index contributed by atoms with van der Waals surface area (Å²) in [5.74, 6) is 0.813. The fraction of sp³-hybridized carbons (Fsp3) is 0.714. The summed E-state index contributed by atoms with van der Waals surface area (Å²) in [5.41, 5.74) is 0.